The number of alkyl halides is 3. The van der Waals surface area contributed by atoms with E-state index in [-0.39, 0.29) is 22.9 Å². The van der Waals surface area contributed by atoms with Crippen molar-refractivity contribution in [3.8, 4) is 5.75 Å². The summed E-state index contributed by atoms with van der Waals surface area (Å²) in [5.74, 6) is -1.00. The number of phenols is 1. The summed E-state index contributed by atoms with van der Waals surface area (Å²) in [7, 11) is -5.57. The van der Waals surface area contributed by atoms with E-state index in [2.05, 4.69) is 5.32 Å². The fourth-order valence-corrected chi connectivity index (χ4v) is 4.51. The summed E-state index contributed by atoms with van der Waals surface area (Å²) in [6, 6.07) is 4.08. The minimum atomic E-state index is -5.57. The highest BCUT2D eigenvalue weighted by molar-refractivity contribution is 7.98. The number of halogens is 4. The molecule has 0 aliphatic heterocycles. The summed E-state index contributed by atoms with van der Waals surface area (Å²) in [6.45, 7) is 5.37. The Hall–Kier alpha value is -1.91. The third-order valence-electron chi connectivity index (χ3n) is 4.41. The van der Waals surface area contributed by atoms with Crippen LogP contribution in [-0.2, 0) is 9.84 Å². The highest BCUT2D eigenvalue weighted by Gasteiger charge is 2.47. The monoisotopic (exact) mass is 481 g/mol. The van der Waals surface area contributed by atoms with Gasteiger partial charge in [-0.2, -0.15) is 13.2 Å². The van der Waals surface area contributed by atoms with E-state index in [0.29, 0.717) is 23.3 Å². The molecule has 0 saturated heterocycles. The van der Waals surface area contributed by atoms with E-state index >= 15 is 0 Å². The van der Waals surface area contributed by atoms with Gasteiger partial charge in [-0.05, 0) is 54.5 Å². The van der Waals surface area contributed by atoms with Crippen LogP contribution in [0.15, 0.2) is 34.1 Å². The van der Waals surface area contributed by atoms with Crippen LogP contribution in [0.3, 0.4) is 0 Å². The maximum Gasteiger partial charge on any atom is 0.501 e. The van der Waals surface area contributed by atoms with Gasteiger partial charge in [0.25, 0.3) is 15.7 Å². The van der Waals surface area contributed by atoms with Crippen molar-refractivity contribution in [1.82, 2.24) is 0 Å². The first-order chi connectivity index (χ1) is 13.7. The Bertz CT molecular complexity index is 1100. The number of thioether (sulfide) groups is 1. The minimum absolute atomic E-state index is 0.00797. The molecule has 0 saturated carbocycles. The number of sulfone groups is 1. The number of rotatable bonds is 5. The van der Waals surface area contributed by atoms with Crippen LogP contribution in [0, 0.1) is 6.92 Å². The molecule has 0 radical (unpaired) electrons. The Morgan fingerprint density at radius 3 is 2.30 bits per heavy atom. The van der Waals surface area contributed by atoms with Crippen LogP contribution in [0.25, 0.3) is 0 Å². The molecule has 0 heterocycles. The zero-order chi connectivity index (χ0) is 23.0. The van der Waals surface area contributed by atoms with Gasteiger partial charge in [0.05, 0.1) is 21.2 Å². The normalized spacial score (nSPS) is 12.3. The van der Waals surface area contributed by atoms with Crippen LogP contribution in [0.5, 0.6) is 5.75 Å². The summed E-state index contributed by atoms with van der Waals surface area (Å²) < 4.78 is 61.2. The Balaban J connectivity index is 2.48. The van der Waals surface area contributed by atoms with E-state index in [1.54, 1.807) is 13.0 Å². The van der Waals surface area contributed by atoms with Gasteiger partial charge in [0.1, 0.15) is 5.75 Å². The fraction of sp³-hybridized carbons (Fsp3) is 0.316. The molecular weight excluding hydrogens is 463 g/mol. The lowest BCUT2D eigenvalue weighted by Crippen LogP contribution is -2.23. The first kappa shape index (κ1) is 24.4. The van der Waals surface area contributed by atoms with Crippen molar-refractivity contribution in [1.29, 1.82) is 0 Å². The van der Waals surface area contributed by atoms with E-state index < -0.39 is 31.2 Å². The molecule has 2 rings (SSSR count). The van der Waals surface area contributed by atoms with E-state index in [1.807, 2.05) is 20.1 Å². The molecule has 0 fully saturated rings. The van der Waals surface area contributed by atoms with Crippen LogP contribution in [0.1, 0.15) is 41.3 Å². The molecule has 0 aliphatic carbocycles. The van der Waals surface area contributed by atoms with Gasteiger partial charge in [-0.25, -0.2) is 8.42 Å². The summed E-state index contributed by atoms with van der Waals surface area (Å²) in [5, 5.41) is 12.6. The topological polar surface area (TPSA) is 83.5 Å². The van der Waals surface area contributed by atoms with Crippen LogP contribution in [0.4, 0.5) is 18.9 Å². The summed E-state index contributed by atoms with van der Waals surface area (Å²) in [5.41, 5.74) is -4.48. The van der Waals surface area contributed by atoms with E-state index in [1.165, 1.54) is 11.8 Å². The zero-order valence-electron chi connectivity index (χ0n) is 16.4. The van der Waals surface area contributed by atoms with Gasteiger partial charge >= 0.3 is 5.51 Å². The van der Waals surface area contributed by atoms with Gasteiger partial charge < -0.3 is 10.4 Å². The molecule has 11 heteroatoms. The third kappa shape index (κ3) is 4.55. The molecule has 0 spiro atoms. The van der Waals surface area contributed by atoms with Crippen molar-refractivity contribution in [2.24, 2.45) is 0 Å². The predicted octanol–water partition coefficient (Wildman–Crippen LogP) is 5.75. The number of carbonyl (C=O) groups is 1. The highest BCUT2D eigenvalue weighted by Crippen LogP contribution is 2.38. The second-order valence-corrected chi connectivity index (χ2v) is 9.91. The molecule has 2 N–H and O–H groups in total. The van der Waals surface area contributed by atoms with Crippen molar-refractivity contribution >= 4 is 44.8 Å². The van der Waals surface area contributed by atoms with Crippen LogP contribution >= 0.6 is 23.4 Å². The van der Waals surface area contributed by atoms with Gasteiger partial charge in [-0.15, -0.1) is 11.8 Å². The number of hydrogen-bond donors (Lipinski definition) is 2. The van der Waals surface area contributed by atoms with E-state index in [0.717, 1.165) is 11.0 Å². The molecule has 0 aliphatic rings. The Labute approximate surface area is 181 Å². The molecule has 2 aromatic rings. The van der Waals surface area contributed by atoms with Crippen LogP contribution in [-0.4, -0.2) is 31.2 Å². The highest BCUT2D eigenvalue weighted by atomic mass is 35.5. The third-order valence-corrected chi connectivity index (χ3v) is 7.07. The summed E-state index contributed by atoms with van der Waals surface area (Å²) >= 11 is 7.32. The largest absolute Gasteiger partial charge is 0.507 e. The maximum absolute atomic E-state index is 12.9. The first-order valence-electron chi connectivity index (χ1n) is 8.55. The molecule has 1 amide bonds. The molecular formula is C19H19ClF3NO4S2. The molecule has 5 nitrogen and oxygen atoms in total. The van der Waals surface area contributed by atoms with Crippen molar-refractivity contribution < 1.29 is 31.5 Å². The standard InChI is InChI=1S/C19H19ClF3NO4S2/c1-9(2)12-8-15(29-4)10(3)16(17(12)25)18(26)24-14-6-5-11(7-13(14)20)30(27,28)19(21,22)23/h5-9,25H,1-4H3,(H,24,26). The van der Waals surface area contributed by atoms with Gasteiger partial charge in [0.15, 0.2) is 0 Å². The number of amides is 1. The quantitative estimate of drug-likeness (QED) is 0.531. The molecule has 30 heavy (non-hydrogen) atoms. The van der Waals surface area contributed by atoms with Crippen LogP contribution < -0.4 is 5.32 Å². The summed E-state index contributed by atoms with van der Waals surface area (Å²) in [4.78, 5) is 12.6. The lowest BCUT2D eigenvalue weighted by molar-refractivity contribution is -0.0436. The lowest BCUT2D eigenvalue weighted by Gasteiger charge is -2.18. The molecule has 0 unspecified atom stereocenters. The number of anilines is 1. The Kier molecular flexibility index (Phi) is 7.05. The van der Waals surface area contributed by atoms with Crippen molar-refractivity contribution in [2.45, 2.75) is 42.0 Å². The molecule has 2 aromatic carbocycles. The Morgan fingerprint density at radius 2 is 1.83 bits per heavy atom. The van der Waals surface area contributed by atoms with Crippen LogP contribution in [0.2, 0.25) is 5.02 Å². The minimum Gasteiger partial charge on any atom is -0.507 e. The SMILES string of the molecule is CSc1cc(C(C)C)c(O)c(C(=O)Nc2ccc(S(=O)(=O)C(F)(F)F)cc2Cl)c1C. The zero-order valence-corrected chi connectivity index (χ0v) is 18.8. The average molecular weight is 482 g/mol. The number of nitrogens with one attached hydrogen (secondary N) is 1. The number of aromatic hydroxyl groups is 1. The van der Waals surface area contributed by atoms with Crippen molar-refractivity contribution in [3.63, 3.8) is 0 Å². The lowest BCUT2D eigenvalue weighted by atomic mass is 9.95. The number of benzene rings is 2. The number of phenolic OH excluding ortho intramolecular Hbond substituents is 1. The Morgan fingerprint density at radius 1 is 1.23 bits per heavy atom. The second-order valence-electron chi connectivity index (χ2n) is 6.72. The van der Waals surface area contributed by atoms with Gasteiger partial charge in [0, 0.05) is 4.90 Å². The molecule has 0 atom stereocenters. The van der Waals surface area contributed by atoms with Gasteiger partial charge in [0.2, 0.25) is 0 Å². The second kappa shape index (κ2) is 8.68. The maximum atomic E-state index is 12.9. The van der Waals surface area contributed by atoms with Crippen molar-refractivity contribution in [2.75, 3.05) is 11.6 Å². The average Bonchev–Trinajstić information content (AvgIpc) is 2.62. The van der Waals surface area contributed by atoms with E-state index in [4.69, 9.17) is 11.6 Å². The van der Waals surface area contributed by atoms with E-state index in [9.17, 15) is 31.5 Å². The smallest absolute Gasteiger partial charge is 0.501 e. The first-order valence-corrected chi connectivity index (χ1v) is 11.6. The molecule has 164 valence electrons. The fourth-order valence-electron chi connectivity index (χ4n) is 2.78. The van der Waals surface area contributed by atoms with Gasteiger partial charge in [-0.3, -0.25) is 4.79 Å². The van der Waals surface area contributed by atoms with Gasteiger partial charge in [-0.1, -0.05) is 25.4 Å². The number of carbonyl (C=O) groups excluding carboxylic acids is 1. The molecule has 0 bridgehead atoms. The molecule has 0 aromatic heterocycles. The predicted molar refractivity (Wildman–Crippen MR) is 111 cm³/mol. The van der Waals surface area contributed by atoms with Crippen molar-refractivity contribution in [3.05, 3.63) is 46.0 Å². The number of hydrogen-bond acceptors (Lipinski definition) is 5. The summed E-state index contributed by atoms with van der Waals surface area (Å²) in [6.07, 6.45) is 1.82.